The van der Waals surface area contributed by atoms with Crippen molar-refractivity contribution >= 4 is 23.0 Å². The van der Waals surface area contributed by atoms with Gasteiger partial charge in [0, 0.05) is 12.6 Å². The zero-order valence-corrected chi connectivity index (χ0v) is 16.2. The van der Waals surface area contributed by atoms with Gasteiger partial charge in [0.2, 0.25) is 5.82 Å². The summed E-state index contributed by atoms with van der Waals surface area (Å²) in [5.74, 6) is 1.40. The molecule has 0 bridgehead atoms. The molecule has 0 aromatic carbocycles. The topological polar surface area (TPSA) is 92.9 Å². The molecule has 7 nitrogen and oxygen atoms in total. The molecule has 2 aromatic rings. The summed E-state index contributed by atoms with van der Waals surface area (Å²) in [5, 5.41) is 12.9. The van der Waals surface area contributed by atoms with Crippen LogP contribution in [0.15, 0.2) is 6.33 Å². The van der Waals surface area contributed by atoms with E-state index < -0.39 is 5.97 Å². The second kappa shape index (κ2) is 7.44. The predicted molar refractivity (Wildman–Crippen MR) is 104 cm³/mol. The van der Waals surface area contributed by atoms with Gasteiger partial charge in [-0.05, 0) is 50.4 Å². The number of carbonyl (C=O) groups is 1. The van der Waals surface area contributed by atoms with Gasteiger partial charge in [0.1, 0.15) is 5.52 Å². The largest absolute Gasteiger partial charge is 0.475 e. The molecule has 2 aliphatic carbocycles. The highest BCUT2D eigenvalue weighted by Gasteiger charge is 2.28. The fourth-order valence-corrected chi connectivity index (χ4v) is 4.58. The van der Waals surface area contributed by atoms with Crippen molar-refractivity contribution in [2.24, 2.45) is 17.8 Å². The maximum Gasteiger partial charge on any atom is 0.374 e. The second-order valence-corrected chi connectivity index (χ2v) is 8.35. The van der Waals surface area contributed by atoms with Crippen LogP contribution in [0.25, 0.3) is 11.2 Å². The molecule has 3 atom stereocenters. The lowest BCUT2D eigenvalue weighted by atomic mass is 9.80. The second-order valence-electron chi connectivity index (χ2n) is 8.35. The number of anilines is 1. The van der Waals surface area contributed by atoms with Crippen LogP contribution in [-0.2, 0) is 6.54 Å². The molecule has 7 heteroatoms. The number of hydrogen-bond donors (Lipinski definition) is 2. The van der Waals surface area contributed by atoms with Gasteiger partial charge < -0.3 is 15.0 Å². The standard InChI is InChI=1S/C20H29N5O2/c1-3-13-7-8-14(9-13)10-25-11-21-17-16(25)18(24-19(23-17)20(26)27)22-12(2)15-5-4-6-15/h11-15H,3-10H2,1-2H3,(H,26,27)(H,22,23,24)/t12-,13?,14?/m1/s1. The van der Waals surface area contributed by atoms with Gasteiger partial charge in [0.05, 0.1) is 6.33 Å². The fraction of sp³-hybridized carbons (Fsp3) is 0.700. The van der Waals surface area contributed by atoms with Crippen LogP contribution >= 0.6 is 0 Å². The number of carboxylic acid groups (broad SMARTS) is 1. The van der Waals surface area contributed by atoms with Crippen LogP contribution in [-0.4, -0.2) is 36.6 Å². The van der Waals surface area contributed by atoms with Crippen molar-refractivity contribution in [1.29, 1.82) is 0 Å². The third kappa shape index (κ3) is 3.64. The first-order valence-corrected chi connectivity index (χ1v) is 10.3. The summed E-state index contributed by atoms with van der Waals surface area (Å²) in [6.07, 6.45) is 10.5. The molecule has 0 saturated heterocycles. The van der Waals surface area contributed by atoms with Gasteiger partial charge >= 0.3 is 5.97 Å². The zero-order chi connectivity index (χ0) is 19.0. The summed E-state index contributed by atoms with van der Waals surface area (Å²) in [7, 11) is 0. The van der Waals surface area contributed by atoms with E-state index in [-0.39, 0.29) is 11.9 Å². The van der Waals surface area contributed by atoms with Crippen LogP contribution in [0.4, 0.5) is 5.82 Å². The summed E-state index contributed by atoms with van der Waals surface area (Å²) < 4.78 is 2.12. The van der Waals surface area contributed by atoms with E-state index in [1.807, 2.05) is 0 Å². The van der Waals surface area contributed by atoms with E-state index in [1.165, 1.54) is 44.9 Å². The summed E-state index contributed by atoms with van der Waals surface area (Å²) in [5.41, 5.74) is 1.31. The minimum Gasteiger partial charge on any atom is -0.475 e. The lowest BCUT2D eigenvalue weighted by Crippen LogP contribution is -2.31. The molecule has 146 valence electrons. The average Bonchev–Trinajstić information content (AvgIpc) is 3.20. The highest BCUT2D eigenvalue weighted by atomic mass is 16.4. The molecule has 2 aromatic heterocycles. The zero-order valence-electron chi connectivity index (χ0n) is 16.2. The van der Waals surface area contributed by atoms with Crippen LogP contribution in [0.3, 0.4) is 0 Å². The lowest BCUT2D eigenvalue weighted by Gasteiger charge is -2.32. The number of nitrogens with one attached hydrogen (secondary N) is 1. The number of imidazole rings is 1. The fourth-order valence-electron chi connectivity index (χ4n) is 4.58. The first-order valence-electron chi connectivity index (χ1n) is 10.3. The Morgan fingerprint density at radius 2 is 2.07 bits per heavy atom. The molecule has 0 aliphatic heterocycles. The van der Waals surface area contributed by atoms with Crippen LogP contribution in [0.1, 0.15) is 69.4 Å². The highest BCUT2D eigenvalue weighted by molar-refractivity contribution is 5.90. The molecule has 2 unspecified atom stereocenters. The first-order chi connectivity index (χ1) is 13.0. The van der Waals surface area contributed by atoms with Gasteiger partial charge in [-0.25, -0.2) is 19.7 Å². The summed E-state index contributed by atoms with van der Waals surface area (Å²) in [6, 6.07) is 0.262. The predicted octanol–water partition coefficient (Wildman–Crippen LogP) is 3.95. The Kier molecular flexibility index (Phi) is 5.02. The molecular formula is C20H29N5O2. The maximum absolute atomic E-state index is 11.5. The van der Waals surface area contributed by atoms with Crippen molar-refractivity contribution in [1.82, 2.24) is 19.5 Å². The highest BCUT2D eigenvalue weighted by Crippen LogP contribution is 2.35. The van der Waals surface area contributed by atoms with E-state index in [1.54, 1.807) is 6.33 Å². The van der Waals surface area contributed by atoms with E-state index in [9.17, 15) is 9.90 Å². The van der Waals surface area contributed by atoms with E-state index in [0.29, 0.717) is 23.3 Å². The Morgan fingerprint density at radius 1 is 1.30 bits per heavy atom. The summed E-state index contributed by atoms with van der Waals surface area (Å²) in [4.78, 5) is 24.4. The number of fused-ring (bicyclic) bond motifs is 1. The van der Waals surface area contributed by atoms with Gasteiger partial charge in [-0.15, -0.1) is 0 Å². The van der Waals surface area contributed by atoms with E-state index >= 15 is 0 Å². The number of nitrogens with zero attached hydrogens (tertiary/aromatic N) is 4. The number of rotatable bonds is 7. The third-order valence-corrected chi connectivity index (χ3v) is 6.57. The Bertz CT molecular complexity index is 829. The monoisotopic (exact) mass is 371 g/mol. The minimum absolute atomic E-state index is 0.192. The van der Waals surface area contributed by atoms with Gasteiger partial charge in [-0.1, -0.05) is 26.2 Å². The number of carboxylic acids is 1. The van der Waals surface area contributed by atoms with Crippen LogP contribution < -0.4 is 5.32 Å². The van der Waals surface area contributed by atoms with Gasteiger partial charge in [-0.3, -0.25) is 0 Å². The quantitative estimate of drug-likeness (QED) is 0.765. The van der Waals surface area contributed by atoms with Gasteiger partial charge in [0.15, 0.2) is 11.5 Å². The molecule has 2 N–H and O–H groups in total. The van der Waals surface area contributed by atoms with Crippen LogP contribution in [0.5, 0.6) is 0 Å². The molecule has 27 heavy (non-hydrogen) atoms. The van der Waals surface area contributed by atoms with E-state index in [2.05, 4.69) is 38.7 Å². The maximum atomic E-state index is 11.5. The molecule has 2 fully saturated rings. The normalized spacial score (nSPS) is 24.1. The average molecular weight is 371 g/mol. The van der Waals surface area contributed by atoms with Crippen LogP contribution in [0, 0.1) is 17.8 Å². The van der Waals surface area contributed by atoms with Crippen molar-refractivity contribution in [2.45, 2.75) is 71.4 Å². The SMILES string of the molecule is CCC1CCC(Cn2cnc3nc(C(=O)O)nc(N[C@H](C)C4CCC4)c32)C1. The van der Waals surface area contributed by atoms with Crippen molar-refractivity contribution in [2.75, 3.05) is 5.32 Å². The van der Waals surface area contributed by atoms with E-state index in [4.69, 9.17) is 0 Å². The Balaban J connectivity index is 1.64. The molecular weight excluding hydrogens is 342 g/mol. The third-order valence-electron chi connectivity index (χ3n) is 6.57. The van der Waals surface area contributed by atoms with E-state index in [0.717, 1.165) is 18.0 Å². The van der Waals surface area contributed by atoms with Crippen LogP contribution in [0.2, 0.25) is 0 Å². The van der Waals surface area contributed by atoms with Gasteiger partial charge in [0.25, 0.3) is 0 Å². The van der Waals surface area contributed by atoms with Crippen molar-refractivity contribution in [3.8, 4) is 0 Å². The Morgan fingerprint density at radius 3 is 2.70 bits per heavy atom. The first kappa shape index (κ1) is 18.2. The molecule has 0 spiro atoms. The molecule has 4 rings (SSSR count). The number of aromatic carboxylic acids is 1. The van der Waals surface area contributed by atoms with Crippen molar-refractivity contribution in [3.63, 3.8) is 0 Å². The molecule has 2 aliphatic rings. The minimum atomic E-state index is -1.12. The smallest absolute Gasteiger partial charge is 0.374 e. The molecule has 0 amide bonds. The molecule has 2 saturated carbocycles. The van der Waals surface area contributed by atoms with Crippen molar-refractivity contribution < 1.29 is 9.90 Å². The summed E-state index contributed by atoms with van der Waals surface area (Å²) >= 11 is 0. The Hall–Kier alpha value is -2.18. The number of hydrogen-bond acceptors (Lipinski definition) is 5. The lowest BCUT2D eigenvalue weighted by molar-refractivity contribution is 0.0684. The molecule has 0 radical (unpaired) electrons. The Labute approximate surface area is 159 Å². The number of aromatic nitrogens is 4. The molecule has 2 heterocycles. The summed E-state index contributed by atoms with van der Waals surface area (Å²) in [6.45, 7) is 5.32. The van der Waals surface area contributed by atoms with Gasteiger partial charge in [-0.2, -0.15) is 0 Å². The van der Waals surface area contributed by atoms with Crippen molar-refractivity contribution in [3.05, 3.63) is 12.2 Å².